The molecule has 28 heavy (non-hydrogen) atoms. The Morgan fingerprint density at radius 3 is 2.82 bits per heavy atom. The van der Waals surface area contributed by atoms with Crippen LogP contribution in [0.5, 0.6) is 5.75 Å². The molecule has 2 aliphatic rings. The summed E-state index contributed by atoms with van der Waals surface area (Å²) in [6.07, 6.45) is 0.968. The molecule has 2 aromatic carbocycles. The first-order valence-corrected chi connectivity index (χ1v) is 11.3. The fraction of sp³-hybridized carbons (Fsp3) is 0.409. The van der Waals surface area contributed by atoms with Crippen LogP contribution in [0.1, 0.15) is 18.1 Å². The molecule has 0 radical (unpaired) electrons. The van der Waals surface area contributed by atoms with Crippen molar-refractivity contribution < 1.29 is 13.7 Å². The smallest absolute Gasteiger partial charge is 0.317 e. The maximum Gasteiger partial charge on any atom is 0.317 e. The number of ether oxygens (including phenoxy) is 1. The van der Waals surface area contributed by atoms with E-state index in [2.05, 4.69) is 41.7 Å². The number of nitrogens with zero attached hydrogens (tertiary/aromatic N) is 1. The van der Waals surface area contributed by atoms with E-state index >= 15 is 0 Å². The Bertz CT molecular complexity index is 882. The van der Waals surface area contributed by atoms with Crippen molar-refractivity contribution in [3.05, 3.63) is 53.6 Å². The molecule has 0 spiro atoms. The van der Waals surface area contributed by atoms with Crippen LogP contribution in [0.2, 0.25) is 0 Å². The molecule has 6 heteroatoms. The summed E-state index contributed by atoms with van der Waals surface area (Å²) in [6.45, 7) is 4.53. The maximum atomic E-state index is 12.5. The molecule has 2 unspecified atom stereocenters. The van der Waals surface area contributed by atoms with E-state index in [0.29, 0.717) is 31.1 Å². The molecule has 2 heterocycles. The number of hydrogen-bond acceptors (Lipinski definition) is 3. The van der Waals surface area contributed by atoms with Gasteiger partial charge in [-0.3, -0.25) is 4.21 Å². The number of carbonyl (C=O) groups excluding carboxylic acids is 1. The number of fused-ring (bicyclic) bond motifs is 1. The second-order valence-corrected chi connectivity index (χ2v) is 9.26. The zero-order valence-electron chi connectivity index (χ0n) is 16.1. The Kier molecular flexibility index (Phi) is 5.67. The zero-order chi connectivity index (χ0) is 19.5. The number of rotatable bonds is 3. The molecule has 0 aliphatic carbocycles. The number of nitrogens with one attached hydrogen (secondary N) is 1. The van der Waals surface area contributed by atoms with E-state index < -0.39 is 10.8 Å². The van der Waals surface area contributed by atoms with Crippen molar-refractivity contribution >= 4 is 16.8 Å². The molecule has 1 fully saturated rings. The molecule has 2 aromatic rings. The number of carbonyl (C=O) groups is 1. The van der Waals surface area contributed by atoms with Crippen molar-refractivity contribution in [3.63, 3.8) is 0 Å². The second kappa shape index (κ2) is 8.35. The van der Waals surface area contributed by atoms with Crippen molar-refractivity contribution in [2.24, 2.45) is 5.92 Å². The fourth-order valence-electron chi connectivity index (χ4n) is 3.79. The molecule has 5 nitrogen and oxygen atoms in total. The largest absolute Gasteiger partial charge is 0.493 e. The van der Waals surface area contributed by atoms with Gasteiger partial charge in [0.1, 0.15) is 5.75 Å². The molecule has 2 aliphatic heterocycles. The minimum Gasteiger partial charge on any atom is -0.493 e. The Balaban J connectivity index is 1.35. The minimum atomic E-state index is -0.815. The highest BCUT2D eigenvalue weighted by Gasteiger charge is 2.22. The summed E-state index contributed by atoms with van der Waals surface area (Å²) >= 11 is 0. The Morgan fingerprint density at radius 1 is 1.21 bits per heavy atom. The van der Waals surface area contributed by atoms with Crippen LogP contribution in [0.25, 0.3) is 11.1 Å². The lowest BCUT2D eigenvalue weighted by atomic mass is 10.0. The van der Waals surface area contributed by atoms with Gasteiger partial charge in [-0.1, -0.05) is 37.3 Å². The van der Waals surface area contributed by atoms with Gasteiger partial charge in [0, 0.05) is 48.4 Å². The van der Waals surface area contributed by atoms with Gasteiger partial charge < -0.3 is 15.0 Å². The fourth-order valence-corrected chi connectivity index (χ4v) is 5.12. The van der Waals surface area contributed by atoms with Crippen molar-refractivity contribution in [2.75, 3.05) is 31.2 Å². The lowest BCUT2D eigenvalue weighted by molar-refractivity contribution is 0.195. The highest BCUT2D eigenvalue weighted by Crippen LogP contribution is 2.30. The predicted octanol–water partition coefficient (Wildman–Crippen LogP) is 3.20. The van der Waals surface area contributed by atoms with Crippen molar-refractivity contribution in [1.82, 2.24) is 10.2 Å². The van der Waals surface area contributed by atoms with Gasteiger partial charge in [0.05, 0.1) is 6.61 Å². The average molecular weight is 399 g/mol. The number of amides is 2. The molecule has 0 aromatic heterocycles. The molecule has 2 atom stereocenters. The van der Waals surface area contributed by atoms with E-state index in [1.807, 2.05) is 13.0 Å². The SMILES string of the molecule is CC1CN(C(=O)NCc2ccc(-c3ccc4c(c3)CCO4)cc2)CCS(=O)C1. The van der Waals surface area contributed by atoms with Gasteiger partial charge in [-0.2, -0.15) is 0 Å². The third-order valence-electron chi connectivity index (χ3n) is 5.30. The number of benzene rings is 2. The molecule has 148 valence electrons. The van der Waals surface area contributed by atoms with Crippen molar-refractivity contribution in [1.29, 1.82) is 0 Å². The Hall–Kier alpha value is -2.34. The van der Waals surface area contributed by atoms with Crippen LogP contribution in [0.4, 0.5) is 4.79 Å². The molecule has 4 rings (SSSR count). The molecule has 1 N–H and O–H groups in total. The van der Waals surface area contributed by atoms with Crippen LogP contribution in [-0.4, -0.2) is 46.3 Å². The van der Waals surface area contributed by atoms with Crippen LogP contribution in [0.15, 0.2) is 42.5 Å². The molecule has 1 saturated heterocycles. The number of urea groups is 1. The molecular weight excluding hydrogens is 372 g/mol. The highest BCUT2D eigenvalue weighted by molar-refractivity contribution is 7.85. The van der Waals surface area contributed by atoms with E-state index in [1.54, 1.807) is 4.90 Å². The standard InChI is InChI=1S/C22H26N2O3S/c1-16-14-24(9-11-28(26)15-16)22(25)23-13-17-2-4-18(5-3-17)19-6-7-21-20(12-19)8-10-27-21/h2-7,12,16H,8-11,13-15H2,1H3,(H,23,25). The Labute approximate surface area is 168 Å². The highest BCUT2D eigenvalue weighted by atomic mass is 32.2. The van der Waals surface area contributed by atoms with Crippen LogP contribution in [0.3, 0.4) is 0 Å². The third-order valence-corrected chi connectivity index (χ3v) is 6.88. The summed E-state index contributed by atoms with van der Waals surface area (Å²) < 4.78 is 17.4. The quantitative estimate of drug-likeness (QED) is 0.864. The van der Waals surface area contributed by atoms with Gasteiger partial charge in [-0.05, 0) is 40.3 Å². The first-order valence-electron chi connectivity index (χ1n) is 9.81. The molecule has 2 amide bonds. The first-order chi connectivity index (χ1) is 13.6. The van der Waals surface area contributed by atoms with E-state index in [1.165, 1.54) is 11.1 Å². The van der Waals surface area contributed by atoms with Gasteiger partial charge in [-0.25, -0.2) is 4.79 Å². The first kappa shape index (κ1) is 19.0. The van der Waals surface area contributed by atoms with Gasteiger partial charge in [0.25, 0.3) is 0 Å². The van der Waals surface area contributed by atoms with Gasteiger partial charge in [0.15, 0.2) is 0 Å². The van der Waals surface area contributed by atoms with E-state index in [9.17, 15) is 9.00 Å². The summed E-state index contributed by atoms with van der Waals surface area (Å²) in [4.78, 5) is 14.3. The topological polar surface area (TPSA) is 58.6 Å². The average Bonchev–Trinajstić information content (AvgIpc) is 3.10. The van der Waals surface area contributed by atoms with Gasteiger partial charge in [-0.15, -0.1) is 0 Å². The molecule has 0 saturated carbocycles. The lowest BCUT2D eigenvalue weighted by Gasteiger charge is -2.22. The van der Waals surface area contributed by atoms with E-state index in [-0.39, 0.29) is 11.9 Å². The summed E-state index contributed by atoms with van der Waals surface area (Å²) in [5.41, 5.74) is 4.68. The van der Waals surface area contributed by atoms with Crippen LogP contribution < -0.4 is 10.1 Å². The van der Waals surface area contributed by atoms with Crippen molar-refractivity contribution in [2.45, 2.75) is 19.9 Å². The van der Waals surface area contributed by atoms with Gasteiger partial charge >= 0.3 is 6.03 Å². The third kappa shape index (κ3) is 4.38. The van der Waals surface area contributed by atoms with Crippen molar-refractivity contribution in [3.8, 4) is 16.9 Å². The van der Waals surface area contributed by atoms with Gasteiger partial charge in [0.2, 0.25) is 0 Å². The number of hydrogen-bond donors (Lipinski definition) is 1. The summed E-state index contributed by atoms with van der Waals surface area (Å²) in [5, 5.41) is 3.00. The molecular formula is C22H26N2O3S. The summed E-state index contributed by atoms with van der Waals surface area (Å²) in [7, 11) is -0.815. The normalized spacial score (nSPS) is 21.5. The summed E-state index contributed by atoms with van der Waals surface area (Å²) in [5.74, 6) is 2.51. The Morgan fingerprint density at radius 2 is 2.00 bits per heavy atom. The lowest BCUT2D eigenvalue weighted by Crippen LogP contribution is -2.42. The monoisotopic (exact) mass is 398 g/mol. The van der Waals surface area contributed by atoms with Crippen LogP contribution >= 0.6 is 0 Å². The second-order valence-electron chi connectivity index (χ2n) is 7.64. The van der Waals surface area contributed by atoms with Crippen LogP contribution in [-0.2, 0) is 23.8 Å². The van der Waals surface area contributed by atoms with E-state index in [0.717, 1.165) is 29.9 Å². The maximum absolute atomic E-state index is 12.5. The van der Waals surface area contributed by atoms with E-state index in [4.69, 9.17) is 4.74 Å². The summed E-state index contributed by atoms with van der Waals surface area (Å²) in [6, 6.07) is 14.6. The minimum absolute atomic E-state index is 0.0755. The molecule has 0 bridgehead atoms. The van der Waals surface area contributed by atoms with Crippen LogP contribution in [0, 0.1) is 5.92 Å². The predicted molar refractivity (Wildman–Crippen MR) is 112 cm³/mol. The zero-order valence-corrected chi connectivity index (χ0v) is 17.0.